The summed E-state index contributed by atoms with van der Waals surface area (Å²) in [6.07, 6.45) is 1.18. The summed E-state index contributed by atoms with van der Waals surface area (Å²) in [6, 6.07) is 6.75. The minimum absolute atomic E-state index is 0. The molecule has 0 amide bonds. The first-order valence-corrected chi connectivity index (χ1v) is 8.24. The first-order valence-electron chi connectivity index (χ1n) is 7.45. The smallest absolute Gasteiger partial charge is 0.119 e. The van der Waals surface area contributed by atoms with Gasteiger partial charge in [0.25, 0.3) is 0 Å². The van der Waals surface area contributed by atoms with Gasteiger partial charge < -0.3 is 10.1 Å². The van der Waals surface area contributed by atoms with Crippen LogP contribution in [0.2, 0.25) is 0 Å². The van der Waals surface area contributed by atoms with E-state index in [1.165, 1.54) is 16.5 Å². The lowest BCUT2D eigenvalue weighted by Gasteiger charge is -2.39. The van der Waals surface area contributed by atoms with Crippen LogP contribution in [0.1, 0.15) is 31.9 Å². The van der Waals surface area contributed by atoms with E-state index in [0.717, 1.165) is 31.9 Å². The molecule has 1 aliphatic heterocycles. The minimum atomic E-state index is 0. The van der Waals surface area contributed by atoms with Gasteiger partial charge in [0.15, 0.2) is 0 Å². The third-order valence-corrected chi connectivity index (χ3v) is 4.97. The highest BCUT2D eigenvalue weighted by Gasteiger charge is 2.28. The van der Waals surface area contributed by atoms with Crippen LogP contribution in [0.15, 0.2) is 22.7 Å². The van der Waals surface area contributed by atoms with Gasteiger partial charge in [-0.1, -0.05) is 36.2 Å². The summed E-state index contributed by atoms with van der Waals surface area (Å²) in [5, 5.41) is 3.44. The summed E-state index contributed by atoms with van der Waals surface area (Å²) in [4.78, 5) is 2.60. The van der Waals surface area contributed by atoms with Gasteiger partial charge in [-0.3, -0.25) is 4.90 Å². The highest BCUT2D eigenvalue weighted by Crippen LogP contribution is 2.37. The number of nitrogens with one attached hydrogen (secondary N) is 1. The average molecular weight is 414 g/mol. The molecule has 2 atom stereocenters. The van der Waals surface area contributed by atoms with Crippen LogP contribution < -0.4 is 10.1 Å². The van der Waals surface area contributed by atoms with Gasteiger partial charge in [-0.25, -0.2) is 0 Å². The predicted molar refractivity (Wildman–Crippen MR) is 102 cm³/mol. The van der Waals surface area contributed by atoms with Crippen molar-refractivity contribution in [3.63, 3.8) is 0 Å². The Bertz CT molecular complexity index is 442. The van der Waals surface area contributed by atoms with Crippen molar-refractivity contribution < 1.29 is 4.74 Å². The molecular formula is C16H27BrCl2N2O. The van der Waals surface area contributed by atoms with Gasteiger partial charge in [-0.05, 0) is 29.7 Å². The molecule has 0 radical (unpaired) electrons. The van der Waals surface area contributed by atoms with Crippen LogP contribution in [0.4, 0.5) is 0 Å². The van der Waals surface area contributed by atoms with Gasteiger partial charge in [-0.2, -0.15) is 0 Å². The molecule has 1 saturated heterocycles. The molecule has 6 heteroatoms. The highest BCUT2D eigenvalue weighted by molar-refractivity contribution is 9.10. The average Bonchev–Trinajstić information content (AvgIpc) is 2.50. The Balaban J connectivity index is 0.00000220. The summed E-state index contributed by atoms with van der Waals surface area (Å²) in [7, 11) is 1.73. The fourth-order valence-electron chi connectivity index (χ4n) is 2.92. The fraction of sp³-hybridized carbons (Fsp3) is 0.625. The van der Waals surface area contributed by atoms with Crippen molar-refractivity contribution in [2.24, 2.45) is 5.92 Å². The third kappa shape index (κ3) is 5.27. The Morgan fingerprint density at radius 1 is 1.27 bits per heavy atom. The van der Waals surface area contributed by atoms with Crippen molar-refractivity contribution >= 4 is 40.7 Å². The van der Waals surface area contributed by atoms with E-state index >= 15 is 0 Å². The second-order valence-corrected chi connectivity index (χ2v) is 6.36. The van der Waals surface area contributed by atoms with Crippen LogP contribution in [0.3, 0.4) is 0 Å². The molecule has 128 valence electrons. The van der Waals surface area contributed by atoms with Crippen molar-refractivity contribution in [1.29, 1.82) is 0 Å². The monoisotopic (exact) mass is 412 g/mol. The molecule has 0 saturated carbocycles. The van der Waals surface area contributed by atoms with Gasteiger partial charge in [0.1, 0.15) is 5.75 Å². The van der Waals surface area contributed by atoms with Crippen molar-refractivity contribution in [3.05, 3.63) is 28.2 Å². The number of rotatable bonds is 5. The Morgan fingerprint density at radius 2 is 1.91 bits per heavy atom. The molecule has 1 fully saturated rings. The van der Waals surface area contributed by atoms with E-state index in [-0.39, 0.29) is 24.8 Å². The zero-order chi connectivity index (χ0) is 14.5. The third-order valence-electron chi connectivity index (χ3n) is 4.25. The number of halogens is 3. The molecule has 0 bridgehead atoms. The van der Waals surface area contributed by atoms with Gasteiger partial charge in [0, 0.05) is 36.7 Å². The summed E-state index contributed by atoms with van der Waals surface area (Å²) >= 11 is 3.73. The zero-order valence-electron chi connectivity index (χ0n) is 13.5. The van der Waals surface area contributed by atoms with Crippen molar-refractivity contribution in [1.82, 2.24) is 10.2 Å². The van der Waals surface area contributed by atoms with E-state index in [1.807, 2.05) is 6.07 Å². The first kappa shape index (κ1) is 22.0. The molecule has 1 aromatic carbocycles. The lowest BCUT2D eigenvalue weighted by Crippen LogP contribution is -2.46. The molecule has 2 rings (SSSR count). The minimum Gasteiger partial charge on any atom is -0.497 e. The molecule has 22 heavy (non-hydrogen) atoms. The predicted octanol–water partition coefficient (Wildman–Crippen LogP) is 4.29. The molecule has 1 unspecified atom stereocenters. The second kappa shape index (κ2) is 10.7. The van der Waals surface area contributed by atoms with E-state index in [0.29, 0.717) is 12.0 Å². The van der Waals surface area contributed by atoms with Crippen LogP contribution in [-0.2, 0) is 0 Å². The van der Waals surface area contributed by atoms with Crippen molar-refractivity contribution in [2.45, 2.75) is 26.3 Å². The summed E-state index contributed by atoms with van der Waals surface area (Å²) < 4.78 is 6.59. The maximum Gasteiger partial charge on any atom is 0.119 e. The highest BCUT2D eigenvalue weighted by atomic mass is 79.9. The first-order chi connectivity index (χ1) is 9.67. The van der Waals surface area contributed by atoms with Gasteiger partial charge in [0.2, 0.25) is 0 Å². The number of piperazine rings is 1. The zero-order valence-corrected chi connectivity index (χ0v) is 16.7. The fourth-order valence-corrected chi connectivity index (χ4v) is 3.40. The molecule has 1 heterocycles. The van der Waals surface area contributed by atoms with Gasteiger partial charge in [0.05, 0.1) is 7.11 Å². The second-order valence-electron chi connectivity index (χ2n) is 5.50. The molecule has 1 aliphatic rings. The Hall–Kier alpha value is -0.000000000000000222. The lowest BCUT2D eigenvalue weighted by atomic mass is 9.90. The van der Waals surface area contributed by atoms with Crippen molar-refractivity contribution in [3.8, 4) is 5.75 Å². The summed E-state index contributed by atoms with van der Waals surface area (Å²) in [5.74, 6) is 1.56. The number of hydrogen-bond donors (Lipinski definition) is 1. The molecule has 0 aromatic heterocycles. The molecule has 0 spiro atoms. The molecular weight excluding hydrogens is 387 g/mol. The van der Waals surface area contributed by atoms with Crippen LogP contribution in [0.25, 0.3) is 0 Å². The largest absolute Gasteiger partial charge is 0.497 e. The number of ether oxygens (including phenoxy) is 1. The normalized spacial score (nSPS) is 17.8. The molecule has 1 N–H and O–H groups in total. The molecule has 3 nitrogen and oxygen atoms in total. The number of nitrogens with zero attached hydrogens (tertiary/aromatic N) is 1. The lowest BCUT2D eigenvalue weighted by molar-refractivity contribution is 0.128. The molecule has 0 aliphatic carbocycles. The van der Waals surface area contributed by atoms with Crippen LogP contribution in [0, 0.1) is 5.92 Å². The van der Waals surface area contributed by atoms with Crippen LogP contribution in [0.5, 0.6) is 5.75 Å². The Labute approximate surface area is 155 Å². The van der Waals surface area contributed by atoms with E-state index in [4.69, 9.17) is 4.74 Å². The van der Waals surface area contributed by atoms with E-state index in [9.17, 15) is 0 Å². The SMILES string of the molecule is CCC(C)[C@H](c1cc(OC)ccc1Br)N1CCNCC1.Cl.Cl. The maximum atomic E-state index is 5.41. The number of hydrogen-bond acceptors (Lipinski definition) is 3. The summed E-state index contributed by atoms with van der Waals surface area (Å²) in [6.45, 7) is 8.99. The van der Waals surface area contributed by atoms with Crippen molar-refractivity contribution in [2.75, 3.05) is 33.3 Å². The number of benzene rings is 1. The number of methoxy groups -OCH3 is 1. The Morgan fingerprint density at radius 3 is 2.45 bits per heavy atom. The quantitative estimate of drug-likeness (QED) is 0.778. The van der Waals surface area contributed by atoms with E-state index in [1.54, 1.807) is 7.11 Å². The van der Waals surface area contributed by atoms with Gasteiger partial charge in [-0.15, -0.1) is 24.8 Å². The standard InChI is InChI=1S/C16H25BrN2O.2ClH/c1-4-12(2)16(19-9-7-18-8-10-19)14-11-13(20-3)5-6-15(14)17;;/h5-6,11-12,16,18H,4,7-10H2,1-3H3;2*1H/t12?,16-;;/m1../s1. The van der Waals surface area contributed by atoms with E-state index in [2.05, 4.69) is 52.1 Å². The molecule has 1 aromatic rings. The van der Waals surface area contributed by atoms with Crippen LogP contribution in [-0.4, -0.2) is 38.2 Å². The van der Waals surface area contributed by atoms with E-state index < -0.39 is 0 Å². The van der Waals surface area contributed by atoms with Crippen LogP contribution >= 0.6 is 40.7 Å². The Kier molecular flexibility index (Phi) is 10.7. The maximum absolute atomic E-state index is 5.41. The topological polar surface area (TPSA) is 24.5 Å². The van der Waals surface area contributed by atoms with Gasteiger partial charge >= 0.3 is 0 Å². The summed E-state index contributed by atoms with van der Waals surface area (Å²) in [5.41, 5.74) is 1.35.